The van der Waals surface area contributed by atoms with Crippen LogP contribution in [0.15, 0.2) is 48.8 Å². The van der Waals surface area contributed by atoms with Gasteiger partial charge in [-0.1, -0.05) is 12.1 Å². The molecule has 2 aromatic heterocycles. The number of nitrogens with one attached hydrogen (secondary N) is 2. The molecule has 9 nitrogen and oxygen atoms in total. The van der Waals surface area contributed by atoms with E-state index in [1.54, 1.807) is 18.5 Å². The highest BCUT2D eigenvalue weighted by Crippen LogP contribution is 2.39. The molecule has 3 aromatic rings. The van der Waals surface area contributed by atoms with Gasteiger partial charge in [0.2, 0.25) is 11.9 Å². The Morgan fingerprint density at radius 2 is 1.75 bits per heavy atom. The van der Waals surface area contributed by atoms with E-state index in [4.69, 9.17) is 0 Å². The molecule has 2 amide bonds. The molecule has 32 heavy (non-hydrogen) atoms. The van der Waals surface area contributed by atoms with Crippen LogP contribution in [-0.4, -0.2) is 63.1 Å². The van der Waals surface area contributed by atoms with Crippen molar-refractivity contribution in [2.24, 2.45) is 0 Å². The summed E-state index contributed by atoms with van der Waals surface area (Å²) in [6.45, 7) is 2.74. The van der Waals surface area contributed by atoms with Gasteiger partial charge in [0.05, 0.1) is 6.42 Å². The van der Waals surface area contributed by atoms with Crippen molar-refractivity contribution in [1.82, 2.24) is 25.1 Å². The van der Waals surface area contributed by atoms with E-state index in [2.05, 4.69) is 30.4 Å². The SMILES string of the molecule is O=C(Nc1ccc(CC(=O)N2CCN(c3ncccn3)CC2)cc1)c1cc(C2CC2)[nH]n1. The molecule has 5 rings (SSSR count). The number of hydrogen-bond acceptors (Lipinski definition) is 6. The van der Waals surface area contributed by atoms with Crippen molar-refractivity contribution in [3.8, 4) is 0 Å². The molecule has 9 heteroatoms. The summed E-state index contributed by atoms with van der Waals surface area (Å²) in [5, 5.41) is 9.91. The number of piperazine rings is 1. The number of rotatable bonds is 6. The average Bonchev–Trinajstić information content (AvgIpc) is 3.57. The largest absolute Gasteiger partial charge is 0.339 e. The Morgan fingerprint density at radius 3 is 2.44 bits per heavy atom. The predicted molar refractivity (Wildman–Crippen MR) is 119 cm³/mol. The zero-order valence-corrected chi connectivity index (χ0v) is 17.7. The first-order chi connectivity index (χ1) is 15.7. The Kier molecular flexibility index (Phi) is 5.53. The lowest BCUT2D eigenvalue weighted by molar-refractivity contribution is -0.130. The highest BCUT2D eigenvalue weighted by Gasteiger charge is 2.26. The molecule has 1 aliphatic heterocycles. The Morgan fingerprint density at radius 1 is 1.03 bits per heavy atom. The van der Waals surface area contributed by atoms with Gasteiger partial charge in [0.15, 0.2) is 5.69 Å². The van der Waals surface area contributed by atoms with E-state index in [1.165, 1.54) is 0 Å². The number of aromatic amines is 1. The molecule has 0 bridgehead atoms. The predicted octanol–water partition coefficient (Wildman–Crippen LogP) is 2.22. The topological polar surface area (TPSA) is 107 Å². The fourth-order valence-electron chi connectivity index (χ4n) is 3.85. The molecule has 1 saturated carbocycles. The van der Waals surface area contributed by atoms with Gasteiger partial charge in [-0.25, -0.2) is 9.97 Å². The fraction of sp³-hybridized carbons (Fsp3) is 0.348. The first kappa shape index (κ1) is 20.2. The van der Waals surface area contributed by atoms with Gasteiger partial charge in [0.1, 0.15) is 0 Å². The van der Waals surface area contributed by atoms with Crippen LogP contribution in [-0.2, 0) is 11.2 Å². The fourth-order valence-corrected chi connectivity index (χ4v) is 3.85. The van der Waals surface area contributed by atoms with Crippen LogP contribution in [0.5, 0.6) is 0 Å². The van der Waals surface area contributed by atoms with Crippen LogP contribution in [0.2, 0.25) is 0 Å². The summed E-state index contributed by atoms with van der Waals surface area (Å²) in [6, 6.07) is 11.0. The number of carbonyl (C=O) groups is 2. The summed E-state index contributed by atoms with van der Waals surface area (Å²) in [7, 11) is 0. The number of benzene rings is 1. The maximum Gasteiger partial charge on any atom is 0.276 e. The van der Waals surface area contributed by atoms with Crippen molar-refractivity contribution >= 4 is 23.5 Å². The van der Waals surface area contributed by atoms with Gasteiger partial charge in [-0.15, -0.1) is 0 Å². The van der Waals surface area contributed by atoms with Gasteiger partial charge in [-0.2, -0.15) is 5.10 Å². The Hall–Kier alpha value is -3.75. The molecule has 2 aliphatic rings. The molecule has 164 valence electrons. The van der Waals surface area contributed by atoms with Gasteiger partial charge < -0.3 is 15.1 Å². The van der Waals surface area contributed by atoms with Crippen molar-refractivity contribution in [1.29, 1.82) is 0 Å². The van der Waals surface area contributed by atoms with Crippen molar-refractivity contribution in [2.75, 3.05) is 36.4 Å². The van der Waals surface area contributed by atoms with Crippen molar-refractivity contribution < 1.29 is 9.59 Å². The summed E-state index contributed by atoms with van der Waals surface area (Å²) in [6.07, 6.45) is 6.10. The van der Waals surface area contributed by atoms with Gasteiger partial charge in [0.25, 0.3) is 5.91 Å². The zero-order valence-electron chi connectivity index (χ0n) is 17.7. The second-order valence-corrected chi connectivity index (χ2v) is 8.23. The molecule has 3 heterocycles. The minimum Gasteiger partial charge on any atom is -0.339 e. The summed E-state index contributed by atoms with van der Waals surface area (Å²) < 4.78 is 0. The lowest BCUT2D eigenvalue weighted by Gasteiger charge is -2.34. The Labute approximate surface area is 185 Å². The van der Waals surface area contributed by atoms with Crippen LogP contribution in [0, 0.1) is 0 Å². The summed E-state index contributed by atoms with van der Waals surface area (Å²) >= 11 is 0. The third-order valence-corrected chi connectivity index (χ3v) is 5.88. The maximum absolute atomic E-state index is 12.7. The number of anilines is 2. The van der Waals surface area contributed by atoms with Gasteiger partial charge in [0, 0.05) is 55.9 Å². The average molecular weight is 432 g/mol. The van der Waals surface area contributed by atoms with E-state index in [0.29, 0.717) is 42.8 Å². The molecule has 1 saturated heterocycles. The molecule has 0 spiro atoms. The molecule has 1 aromatic carbocycles. The molecule has 2 N–H and O–H groups in total. The molecule has 2 fully saturated rings. The molecule has 0 radical (unpaired) electrons. The summed E-state index contributed by atoms with van der Waals surface area (Å²) in [5.41, 5.74) is 3.02. The number of nitrogens with zero attached hydrogens (tertiary/aromatic N) is 5. The standard InChI is InChI=1S/C23H25N7O2/c31-21(29-10-12-30(13-11-29)23-24-8-1-9-25-23)14-16-2-6-18(7-3-16)26-22(32)20-15-19(27-28-20)17-4-5-17/h1-3,6-9,15,17H,4-5,10-14H2,(H,26,32)(H,27,28). The van der Waals surface area contributed by atoms with E-state index in [0.717, 1.165) is 37.2 Å². The Bertz CT molecular complexity index is 1090. The molecule has 0 unspecified atom stereocenters. The molecule has 1 aliphatic carbocycles. The van der Waals surface area contributed by atoms with E-state index in [-0.39, 0.29) is 11.8 Å². The highest BCUT2D eigenvalue weighted by atomic mass is 16.2. The van der Waals surface area contributed by atoms with E-state index in [1.807, 2.05) is 35.2 Å². The van der Waals surface area contributed by atoms with Crippen LogP contribution >= 0.6 is 0 Å². The van der Waals surface area contributed by atoms with E-state index in [9.17, 15) is 9.59 Å². The van der Waals surface area contributed by atoms with Crippen LogP contribution in [0.3, 0.4) is 0 Å². The number of H-pyrrole nitrogens is 1. The lowest BCUT2D eigenvalue weighted by atomic mass is 10.1. The number of aromatic nitrogens is 4. The van der Waals surface area contributed by atoms with Crippen LogP contribution in [0.25, 0.3) is 0 Å². The van der Waals surface area contributed by atoms with E-state index < -0.39 is 0 Å². The number of amides is 2. The molecular weight excluding hydrogens is 406 g/mol. The normalized spacial score (nSPS) is 16.1. The molecular formula is C23H25N7O2. The van der Waals surface area contributed by atoms with Gasteiger partial charge in [-0.05, 0) is 42.7 Å². The number of hydrogen-bond donors (Lipinski definition) is 2. The zero-order chi connectivity index (χ0) is 21.9. The summed E-state index contributed by atoms with van der Waals surface area (Å²) in [4.78, 5) is 37.6. The second-order valence-electron chi connectivity index (χ2n) is 8.23. The van der Waals surface area contributed by atoms with Crippen LogP contribution in [0.1, 0.15) is 40.5 Å². The minimum absolute atomic E-state index is 0.0968. The van der Waals surface area contributed by atoms with Gasteiger partial charge >= 0.3 is 0 Å². The van der Waals surface area contributed by atoms with Crippen LogP contribution in [0.4, 0.5) is 11.6 Å². The van der Waals surface area contributed by atoms with Crippen molar-refractivity contribution in [2.45, 2.75) is 25.2 Å². The van der Waals surface area contributed by atoms with Crippen molar-refractivity contribution in [3.63, 3.8) is 0 Å². The molecule has 0 atom stereocenters. The van der Waals surface area contributed by atoms with Crippen molar-refractivity contribution in [3.05, 3.63) is 65.7 Å². The monoisotopic (exact) mass is 431 g/mol. The second kappa shape index (κ2) is 8.78. The third kappa shape index (κ3) is 4.61. The minimum atomic E-state index is -0.239. The highest BCUT2D eigenvalue weighted by molar-refractivity contribution is 6.02. The van der Waals surface area contributed by atoms with Gasteiger partial charge in [-0.3, -0.25) is 14.7 Å². The first-order valence-corrected chi connectivity index (χ1v) is 10.9. The third-order valence-electron chi connectivity index (χ3n) is 5.88. The quantitative estimate of drug-likeness (QED) is 0.620. The Balaban J connectivity index is 1.12. The van der Waals surface area contributed by atoms with Crippen LogP contribution < -0.4 is 10.2 Å². The van der Waals surface area contributed by atoms with E-state index >= 15 is 0 Å². The number of carbonyl (C=O) groups excluding carboxylic acids is 2. The summed E-state index contributed by atoms with van der Waals surface area (Å²) in [5.74, 6) is 1.09. The maximum atomic E-state index is 12.7. The lowest BCUT2D eigenvalue weighted by Crippen LogP contribution is -2.49. The first-order valence-electron chi connectivity index (χ1n) is 10.9. The smallest absolute Gasteiger partial charge is 0.276 e.